The van der Waals surface area contributed by atoms with Crippen LogP contribution in [0.25, 0.3) is 11.1 Å². The van der Waals surface area contributed by atoms with E-state index in [1.54, 1.807) is 6.07 Å². The van der Waals surface area contributed by atoms with Crippen LogP contribution in [0.4, 0.5) is 26.3 Å². The number of rotatable bonds is 8. The highest BCUT2D eigenvalue weighted by Gasteiger charge is 2.92. The smallest absolute Gasteiger partial charge is 0.383 e. The first-order valence-electron chi connectivity index (χ1n) is 13.5. The van der Waals surface area contributed by atoms with Gasteiger partial charge in [0.05, 0.1) is 23.0 Å². The Kier molecular flexibility index (Phi) is 5.99. The van der Waals surface area contributed by atoms with E-state index in [2.05, 4.69) is 15.4 Å². The number of hydrogen-bond donors (Lipinski definition) is 3. The molecule has 2 amide bonds. The molecule has 0 aliphatic heterocycles. The molecular formula is C30H21F6N5O3. The zero-order chi connectivity index (χ0) is 31.3. The molecule has 14 heteroatoms. The van der Waals surface area contributed by atoms with Gasteiger partial charge in [-0.3, -0.25) is 19.3 Å². The van der Waals surface area contributed by atoms with Crippen molar-refractivity contribution in [3.8, 4) is 11.1 Å². The fourth-order valence-electron chi connectivity index (χ4n) is 6.76. The van der Waals surface area contributed by atoms with Crippen molar-refractivity contribution in [2.75, 3.05) is 0 Å². The Balaban J connectivity index is 1.25. The van der Waals surface area contributed by atoms with Gasteiger partial charge in [0.15, 0.2) is 5.69 Å². The van der Waals surface area contributed by atoms with E-state index in [4.69, 9.17) is 5.73 Å². The molecular weight excluding hydrogens is 592 g/mol. The average Bonchev–Trinajstić information content (AvgIpc) is 3.71. The minimum atomic E-state index is -4.79. The summed E-state index contributed by atoms with van der Waals surface area (Å²) in [4.78, 5) is 29.6. The van der Waals surface area contributed by atoms with Crippen LogP contribution in [-0.4, -0.2) is 31.7 Å². The van der Waals surface area contributed by atoms with E-state index < -0.39 is 70.8 Å². The van der Waals surface area contributed by atoms with Gasteiger partial charge in [-0.15, -0.1) is 0 Å². The summed E-state index contributed by atoms with van der Waals surface area (Å²) in [5, 5.41) is 17.2. The number of alkyl halides is 3. The van der Waals surface area contributed by atoms with Gasteiger partial charge in [-0.05, 0) is 47.9 Å². The molecule has 2 bridgehead atoms. The molecule has 5 atom stereocenters. The molecule has 0 spiro atoms. The first-order valence-corrected chi connectivity index (χ1v) is 13.5. The number of carbonyl (C=O) groups excluding carboxylic acids is 2. The molecule has 0 radical (unpaired) electrons. The zero-order valence-corrected chi connectivity index (χ0v) is 22.4. The molecule has 2 aromatic carbocycles. The van der Waals surface area contributed by atoms with E-state index in [0.717, 1.165) is 22.9 Å². The van der Waals surface area contributed by atoms with Crippen molar-refractivity contribution >= 4 is 11.8 Å². The molecule has 4 aromatic rings. The number of benzene rings is 2. The van der Waals surface area contributed by atoms with Gasteiger partial charge >= 0.3 is 6.18 Å². The molecule has 0 saturated heterocycles. The maximum absolute atomic E-state index is 14.2. The first kappa shape index (κ1) is 28.1. The van der Waals surface area contributed by atoms with E-state index in [-0.39, 0.29) is 46.3 Å². The predicted octanol–water partition coefficient (Wildman–Crippen LogP) is 4.12. The van der Waals surface area contributed by atoms with Gasteiger partial charge in [-0.2, -0.15) is 18.3 Å². The van der Waals surface area contributed by atoms with Crippen LogP contribution in [0.2, 0.25) is 0 Å². The van der Waals surface area contributed by atoms with Gasteiger partial charge in [-0.25, -0.2) is 13.2 Å². The predicted molar refractivity (Wildman–Crippen MR) is 140 cm³/mol. The summed E-state index contributed by atoms with van der Waals surface area (Å²) < 4.78 is 84.6. The zero-order valence-electron chi connectivity index (χ0n) is 22.4. The standard InChI is InChI=1S/C30H21F6N5O3/c31-14-6-12(7-15(32)10-14)8-19(25-16(2-1-5-38-25)13-3-4-18(33)17(9-13)28(37)43)39-20(42)11-41-27-22(26(40-41)30(34,35)36)21-23-24(21)29(23,27)44/h1-7,9-10,19,21,23-24,44H,8,11H2,(H2,37,43)(H,39,42)/t19-,21?,23+,24?,29?/m0/s1. The van der Waals surface area contributed by atoms with Crippen molar-refractivity contribution in [3.63, 3.8) is 0 Å². The second-order valence-electron chi connectivity index (χ2n) is 11.3. The fraction of sp³-hybridized carbons (Fsp3) is 0.267. The number of halogens is 6. The number of pyridine rings is 1. The molecule has 2 aromatic heterocycles. The Morgan fingerprint density at radius 2 is 1.77 bits per heavy atom. The van der Waals surface area contributed by atoms with Gasteiger partial charge in [-0.1, -0.05) is 12.1 Å². The van der Waals surface area contributed by atoms with Crippen LogP contribution in [0.5, 0.6) is 0 Å². The minimum absolute atomic E-state index is 0.0208. The molecule has 226 valence electrons. The second kappa shape index (κ2) is 9.39. The van der Waals surface area contributed by atoms with Crippen molar-refractivity contribution in [3.05, 3.63) is 106 Å². The molecule has 2 heterocycles. The number of amides is 2. The molecule has 4 aliphatic carbocycles. The molecule has 44 heavy (non-hydrogen) atoms. The number of nitrogens with one attached hydrogen (secondary N) is 1. The Hall–Kier alpha value is -4.72. The molecule has 4 N–H and O–H groups in total. The number of primary amides is 1. The highest BCUT2D eigenvalue weighted by molar-refractivity contribution is 5.94. The topological polar surface area (TPSA) is 123 Å². The summed E-state index contributed by atoms with van der Waals surface area (Å²) in [7, 11) is 0. The number of nitrogens with zero attached hydrogens (tertiary/aromatic N) is 3. The van der Waals surface area contributed by atoms with E-state index in [1.807, 2.05) is 0 Å². The average molecular weight is 614 g/mol. The normalized spacial score (nSPS) is 23.1. The highest BCUT2D eigenvalue weighted by Crippen LogP contribution is 2.90. The van der Waals surface area contributed by atoms with Crippen LogP contribution in [0.15, 0.2) is 54.7 Å². The number of aromatic nitrogens is 3. The van der Waals surface area contributed by atoms with Crippen molar-refractivity contribution in [2.45, 2.75) is 36.7 Å². The summed E-state index contributed by atoms with van der Waals surface area (Å²) in [6, 6.07) is 8.32. The van der Waals surface area contributed by atoms with Crippen LogP contribution in [-0.2, 0) is 29.5 Å². The van der Waals surface area contributed by atoms with Gasteiger partial charge in [0, 0.05) is 41.1 Å². The molecule has 3 unspecified atom stereocenters. The van der Waals surface area contributed by atoms with Crippen molar-refractivity contribution in [1.29, 1.82) is 0 Å². The van der Waals surface area contributed by atoms with Gasteiger partial charge in [0.25, 0.3) is 5.91 Å². The SMILES string of the molecule is NC(=O)c1cc(-c2cccnc2[C@H](Cc2cc(F)cc(F)c2)NC(=O)Cn2nc(C(F)(F)F)c3c2C2(O)C4C3[C@H]42)ccc1F. The summed E-state index contributed by atoms with van der Waals surface area (Å²) in [5.41, 5.74) is 3.10. The lowest BCUT2D eigenvalue weighted by atomic mass is 9.94. The van der Waals surface area contributed by atoms with Crippen LogP contribution < -0.4 is 11.1 Å². The third-order valence-corrected chi connectivity index (χ3v) is 8.60. The van der Waals surface area contributed by atoms with Crippen LogP contribution in [0.1, 0.15) is 50.5 Å². The van der Waals surface area contributed by atoms with Crippen LogP contribution in [0, 0.1) is 29.3 Å². The van der Waals surface area contributed by atoms with E-state index in [9.17, 15) is 41.0 Å². The minimum Gasteiger partial charge on any atom is -0.383 e. The Morgan fingerprint density at radius 1 is 1.07 bits per heavy atom. The summed E-state index contributed by atoms with van der Waals surface area (Å²) in [5.74, 6) is -5.51. The maximum atomic E-state index is 14.2. The number of carbonyl (C=O) groups is 2. The number of aliphatic hydroxyl groups is 1. The molecule has 8 nitrogen and oxygen atoms in total. The lowest BCUT2D eigenvalue weighted by Crippen LogP contribution is -2.35. The number of nitrogens with two attached hydrogens (primary N) is 1. The third kappa shape index (κ3) is 4.26. The Morgan fingerprint density at radius 3 is 2.43 bits per heavy atom. The first-order chi connectivity index (χ1) is 20.8. The Labute approximate surface area is 244 Å². The van der Waals surface area contributed by atoms with Gasteiger partial charge in [0.2, 0.25) is 5.91 Å². The highest BCUT2D eigenvalue weighted by atomic mass is 19.4. The largest absolute Gasteiger partial charge is 0.435 e. The quantitative estimate of drug-likeness (QED) is 0.258. The van der Waals surface area contributed by atoms with E-state index in [0.29, 0.717) is 11.6 Å². The number of hydrogen-bond acceptors (Lipinski definition) is 5. The monoisotopic (exact) mass is 613 g/mol. The summed E-state index contributed by atoms with van der Waals surface area (Å²) in [6.07, 6.45) is -3.62. The second-order valence-corrected chi connectivity index (χ2v) is 11.3. The Bertz CT molecular complexity index is 1860. The molecule has 8 rings (SSSR count). The lowest BCUT2D eigenvalue weighted by Gasteiger charge is -2.22. The van der Waals surface area contributed by atoms with Crippen molar-refractivity contribution < 1.29 is 41.0 Å². The molecule has 4 aliphatic rings. The lowest BCUT2D eigenvalue weighted by molar-refractivity contribution is -0.142. The molecule has 2 saturated carbocycles. The summed E-state index contributed by atoms with van der Waals surface area (Å²) in [6.45, 7) is -0.689. The maximum Gasteiger partial charge on any atom is 0.435 e. The third-order valence-electron chi connectivity index (χ3n) is 8.60. The van der Waals surface area contributed by atoms with Crippen molar-refractivity contribution in [2.24, 2.45) is 17.6 Å². The summed E-state index contributed by atoms with van der Waals surface area (Å²) >= 11 is 0. The van der Waals surface area contributed by atoms with Gasteiger partial charge in [0.1, 0.15) is 29.6 Å². The van der Waals surface area contributed by atoms with Crippen LogP contribution in [0.3, 0.4) is 0 Å². The fourth-order valence-corrected chi connectivity index (χ4v) is 6.76. The van der Waals surface area contributed by atoms with Crippen LogP contribution >= 0.6 is 0 Å². The van der Waals surface area contributed by atoms with Gasteiger partial charge < -0.3 is 16.2 Å². The van der Waals surface area contributed by atoms with E-state index in [1.165, 1.54) is 24.4 Å². The van der Waals surface area contributed by atoms with E-state index >= 15 is 0 Å². The van der Waals surface area contributed by atoms with Crippen molar-refractivity contribution in [1.82, 2.24) is 20.1 Å². The molecule has 2 fully saturated rings.